The Morgan fingerprint density at radius 3 is 2.48 bits per heavy atom. The van der Waals surface area contributed by atoms with Gasteiger partial charge in [-0.25, -0.2) is 5.43 Å². The summed E-state index contributed by atoms with van der Waals surface area (Å²) in [4.78, 5) is 12.1. The Kier molecular flexibility index (Phi) is 7.31. The van der Waals surface area contributed by atoms with Crippen LogP contribution in [0, 0.1) is 0 Å². The number of hydrogen-bond donors (Lipinski definition) is 1. The molecule has 0 heterocycles. The molecule has 0 aromatic heterocycles. The van der Waals surface area contributed by atoms with Crippen molar-refractivity contribution < 1.29 is 23.7 Å². The van der Waals surface area contributed by atoms with Crippen LogP contribution in [0.15, 0.2) is 41.5 Å². The highest BCUT2D eigenvalue weighted by Crippen LogP contribution is 2.38. The van der Waals surface area contributed by atoms with Crippen molar-refractivity contribution in [3.8, 4) is 23.0 Å². The number of benzene rings is 2. The minimum absolute atomic E-state index is 0.411. The Balaban J connectivity index is 2.05. The van der Waals surface area contributed by atoms with Crippen LogP contribution in [-0.2, 0) is 4.79 Å². The molecule has 1 unspecified atom stereocenters. The van der Waals surface area contributed by atoms with Crippen LogP contribution in [0.5, 0.6) is 23.0 Å². The Hall–Kier alpha value is -2.93. The largest absolute Gasteiger partial charge is 0.493 e. The van der Waals surface area contributed by atoms with E-state index in [0.29, 0.717) is 33.6 Å². The average Bonchev–Trinajstić information content (AvgIpc) is 2.67. The van der Waals surface area contributed by atoms with Gasteiger partial charge in [-0.1, -0.05) is 17.7 Å². The molecule has 0 aliphatic carbocycles. The summed E-state index contributed by atoms with van der Waals surface area (Å²) in [5.74, 6) is 1.49. The van der Waals surface area contributed by atoms with Crippen molar-refractivity contribution in [2.45, 2.75) is 13.0 Å². The summed E-state index contributed by atoms with van der Waals surface area (Å²) < 4.78 is 21.4. The summed E-state index contributed by atoms with van der Waals surface area (Å²) in [5.41, 5.74) is 3.04. The van der Waals surface area contributed by atoms with Crippen LogP contribution < -0.4 is 24.4 Å². The lowest BCUT2D eigenvalue weighted by molar-refractivity contribution is -0.127. The van der Waals surface area contributed by atoms with Gasteiger partial charge in [0.2, 0.25) is 5.75 Å². The number of ether oxygens (including phenoxy) is 4. The van der Waals surface area contributed by atoms with E-state index in [0.717, 1.165) is 0 Å². The SMILES string of the molecule is COc1ccc(C=NNC(=O)C(C)Oc2cccc(Cl)c2)c(OC)c1OC. The summed E-state index contributed by atoms with van der Waals surface area (Å²) in [6.45, 7) is 1.61. The maximum Gasteiger partial charge on any atom is 0.280 e. The molecule has 0 aliphatic rings. The van der Waals surface area contributed by atoms with E-state index in [1.165, 1.54) is 27.5 Å². The molecule has 2 rings (SSSR count). The standard InChI is InChI=1S/C19H21ClN2O5/c1-12(27-15-7-5-6-14(20)10-15)19(23)22-21-11-13-8-9-16(24-2)18(26-4)17(13)25-3/h5-12H,1-4H3,(H,22,23). The van der Waals surface area contributed by atoms with Gasteiger partial charge in [0.1, 0.15) is 5.75 Å². The van der Waals surface area contributed by atoms with E-state index in [1.807, 2.05) is 0 Å². The number of rotatable bonds is 8. The first-order valence-electron chi connectivity index (χ1n) is 8.04. The van der Waals surface area contributed by atoms with E-state index in [9.17, 15) is 4.79 Å². The van der Waals surface area contributed by atoms with Crippen molar-refractivity contribution >= 4 is 23.7 Å². The van der Waals surface area contributed by atoms with E-state index in [4.69, 9.17) is 30.5 Å². The average molecular weight is 393 g/mol. The van der Waals surface area contributed by atoms with Gasteiger partial charge >= 0.3 is 0 Å². The number of halogens is 1. The molecule has 0 bridgehead atoms. The van der Waals surface area contributed by atoms with Gasteiger partial charge in [-0.2, -0.15) is 5.10 Å². The van der Waals surface area contributed by atoms with E-state index in [2.05, 4.69) is 10.5 Å². The van der Waals surface area contributed by atoms with E-state index in [1.54, 1.807) is 43.3 Å². The fraction of sp³-hybridized carbons (Fsp3) is 0.263. The highest BCUT2D eigenvalue weighted by atomic mass is 35.5. The molecular weight excluding hydrogens is 372 g/mol. The normalized spacial score (nSPS) is 11.7. The van der Waals surface area contributed by atoms with Crippen LogP contribution in [0.3, 0.4) is 0 Å². The predicted octanol–water partition coefficient (Wildman–Crippen LogP) is 3.28. The van der Waals surface area contributed by atoms with Crippen LogP contribution in [0.1, 0.15) is 12.5 Å². The molecular formula is C19H21ClN2O5. The Morgan fingerprint density at radius 2 is 1.85 bits per heavy atom. The van der Waals surface area contributed by atoms with Gasteiger partial charge in [-0.15, -0.1) is 0 Å². The Bertz CT molecular complexity index is 826. The zero-order valence-electron chi connectivity index (χ0n) is 15.5. The van der Waals surface area contributed by atoms with Crippen molar-refractivity contribution in [2.24, 2.45) is 5.10 Å². The minimum Gasteiger partial charge on any atom is -0.493 e. The number of nitrogens with zero attached hydrogens (tertiary/aromatic N) is 1. The molecule has 0 fully saturated rings. The second kappa shape index (κ2) is 9.68. The first-order chi connectivity index (χ1) is 13.0. The third-order valence-corrected chi connectivity index (χ3v) is 3.83. The van der Waals surface area contributed by atoms with Crippen molar-refractivity contribution in [1.82, 2.24) is 5.43 Å². The van der Waals surface area contributed by atoms with E-state index >= 15 is 0 Å². The number of carbonyl (C=O) groups excluding carboxylic acids is 1. The molecule has 1 atom stereocenters. The van der Waals surface area contributed by atoms with Gasteiger partial charge in [0.15, 0.2) is 17.6 Å². The zero-order chi connectivity index (χ0) is 19.8. The number of hydrogen-bond acceptors (Lipinski definition) is 6. The summed E-state index contributed by atoms with van der Waals surface area (Å²) in [7, 11) is 4.55. The summed E-state index contributed by atoms with van der Waals surface area (Å²) in [6.07, 6.45) is 0.693. The lowest BCUT2D eigenvalue weighted by atomic mass is 10.2. The molecule has 1 amide bonds. The number of amides is 1. The molecule has 0 radical (unpaired) electrons. The van der Waals surface area contributed by atoms with Crippen molar-refractivity contribution in [3.63, 3.8) is 0 Å². The summed E-state index contributed by atoms with van der Waals surface area (Å²) >= 11 is 5.90. The lowest BCUT2D eigenvalue weighted by Gasteiger charge is -2.14. The molecule has 0 saturated carbocycles. The highest BCUT2D eigenvalue weighted by Gasteiger charge is 2.16. The van der Waals surface area contributed by atoms with Gasteiger partial charge < -0.3 is 18.9 Å². The first-order valence-corrected chi connectivity index (χ1v) is 8.42. The Labute approximate surface area is 162 Å². The molecule has 0 spiro atoms. The van der Waals surface area contributed by atoms with Gasteiger partial charge in [0.25, 0.3) is 5.91 Å². The summed E-state index contributed by atoms with van der Waals surface area (Å²) in [6, 6.07) is 10.3. The quantitative estimate of drug-likeness (QED) is 0.551. The fourth-order valence-electron chi connectivity index (χ4n) is 2.28. The van der Waals surface area contributed by atoms with Crippen LogP contribution in [0.4, 0.5) is 0 Å². The number of carbonyl (C=O) groups is 1. The van der Waals surface area contributed by atoms with Gasteiger partial charge in [-0.3, -0.25) is 4.79 Å². The number of methoxy groups -OCH3 is 3. The zero-order valence-corrected chi connectivity index (χ0v) is 16.2. The third-order valence-electron chi connectivity index (χ3n) is 3.59. The van der Waals surface area contributed by atoms with Crippen LogP contribution in [0.2, 0.25) is 5.02 Å². The fourth-order valence-corrected chi connectivity index (χ4v) is 2.46. The predicted molar refractivity (Wildman–Crippen MR) is 103 cm³/mol. The molecule has 144 valence electrons. The van der Waals surface area contributed by atoms with Crippen LogP contribution in [0.25, 0.3) is 0 Å². The molecule has 2 aromatic carbocycles. The molecule has 8 heteroatoms. The smallest absolute Gasteiger partial charge is 0.280 e. The number of nitrogens with one attached hydrogen (secondary N) is 1. The molecule has 27 heavy (non-hydrogen) atoms. The van der Waals surface area contributed by atoms with E-state index < -0.39 is 12.0 Å². The second-order valence-corrected chi connectivity index (χ2v) is 5.81. The van der Waals surface area contributed by atoms with Crippen LogP contribution in [-0.4, -0.2) is 39.6 Å². The molecule has 7 nitrogen and oxygen atoms in total. The van der Waals surface area contributed by atoms with E-state index in [-0.39, 0.29) is 0 Å². The first kappa shape index (κ1) is 20.4. The highest BCUT2D eigenvalue weighted by molar-refractivity contribution is 6.30. The van der Waals surface area contributed by atoms with Crippen molar-refractivity contribution in [1.29, 1.82) is 0 Å². The lowest BCUT2D eigenvalue weighted by Crippen LogP contribution is -2.33. The Morgan fingerprint density at radius 1 is 1.11 bits per heavy atom. The topological polar surface area (TPSA) is 78.4 Å². The van der Waals surface area contributed by atoms with Crippen molar-refractivity contribution in [2.75, 3.05) is 21.3 Å². The van der Waals surface area contributed by atoms with Crippen molar-refractivity contribution in [3.05, 3.63) is 47.0 Å². The van der Waals surface area contributed by atoms with Crippen LogP contribution >= 0.6 is 11.6 Å². The minimum atomic E-state index is -0.757. The summed E-state index contributed by atoms with van der Waals surface area (Å²) in [5, 5.41) is 4.48. The monoisotopic (exact) mass is 392 g/mol. The van der Waals surface area contributed by atoms with Gasteiger partial charge in [-0.05, 0) is 37.3 Å². The third kappa shape index (κ3) is 5.27. The molecule has 1 N–H and O–H groups in total. The molecule has 0 aliphatic heterocycles. The van der Waals surface area contributed by atoms with Gasteiger partial charge in [0, 0.05) is 10.6 Å². The second-order valence-electron chi connectivity index (χ2n) is 5.38. The van der Waals surface area contributed by atoms with Gasteiger partial charge in [0.05, 0.1) is 27.5 Å². The molecule has 2 aromatic rings. The maximum absolute atomic E-state index is 12.1. The number of hydrazone groups is 1. The molecule has 0 saturated heterocycles. The maximum atomic E-state index is 12.1.